The van der Waals surface area contributed by atoms with E-state index in [0.29, 0.717) is 5.75 Å². The van der Waals surface area contributed by atoms with E-state index in [1.165, 1.54) is 25.3 Å². The number of para-hydroxylation sites is 2. The number of carbonyl (C=O) groups excluding carboxylic acids is 3. The zero-order valence-corrected chi connectivity index (χ0v) is 16.4. The number of amides is 2. The molecule has 2 rings (SSSR count). The molecule has 0 fully saturated rings. The van der Waals surface area contributed by atoms with Crippen LogP contribution in [0.1, 0.15) is 24.2 Å². The molecule has 0 radical (unpaired) electrons. The summed E-state index contributed by atoms with van der Waals surface area (Å²) in [6.07, 6.45) is 0. The van der Waals surface area contributed by atoms with Crippen molar-refractivity contribution in [3.05, 3.63) is 59.9 Å². The van der Waals surface area contributed by atoms with Gasteiger partial charge in [0.05, 0.1) is 18.4 Å². The monoisotopic (exact) mass is 402 g/mol. The van der Waals surface area contributed by atoms with Crippen LogP contribution in [0.5, 0.6) is 5.75 Å². The van der Waals surface area contributed by atoms with Gasteiger partial charge in [0, 0.05) is 0 Å². The first-order chi connectivity index (χ1) is 13.8. The summed E-state index contributed by atoms with van der Waals surface area (Å²) in [6.45, 7) is 2.85. The third-order valence-electron chi connectivity index (χ3n) is 4.05. The molecule has 1 atom stereocenters. The number of hydrogen-bond acceptors (Lipinski definition) is 5. The van der Waals surface area contributed by atoms with E-state index in [-0.39, 0.29) is 17.2 Å². The van der Waals surface area contributed by atoms with Gasteiger partial charge in [-0.2, -0.15) is 0 Å². The second-order valence-corrected chi connectivity index (χ2v) is 6.53. The lowest BCUT2D eigenvalue weighted by atomic mass is 10.0. The molecule has 0 saturated carbocycles. The van der Waals surface area contributed by atoms with Crippen molar-refractivity contribution in [2.24, 2.45) is 5.92 Å². The Balaban J connectivity index is 1.97. The fourth-order valence-corrected chi connectivity index (χ4v) is 2.52. The van der Waals surface area contributed by atoms with Gasteiger partial charge in [0.15, 0.2) is 6.61 Å². The van der Waals surface area contributed by atoms with Crippen molar-refractivity contribution in [3.63, 3.8) is 0 Å². The number of benzene rings is 2. The second-order valence-electron chi connectivity index (χ2n) is 6.53. The molecule has 0 aliphatic carbocycles. The second kappa shape index (κ2) is 10.2. The van der Waals surface area contributed by atoms with Crippen molar-refractivity contribution in [3.8, 4) is 5.75 Å². The molecule has 2 aromatic rings. The Bertz CT molecular complexity index is 885. The van der Waals surface area contributed by atoms with E-state index in [1.54, 1.807) is 44.2 Å². The Morgan fingerprint density at radius 3 is 2.34 bits per heavy atom. The molecule has 0 unspecified atom stereocenters. The number of anilines is 1. The first kappa shape index (κ1) is 21.9. The highest BCUT2D eigenvalue weighted by Gasteiger charge is 2.27. The molecule has 0 aliphatic heterocycles. The molecular weight excluding hydrogens is 379 g/mol. The SMILES string of the molecule is COc1ccccc1C(=O)N[C@H](C(=O)OCC(=O)Nc1ccccc1F)C(C)C. The summed E-state index contributed by atoms with van der Waals surface area (Å²) >= 11 is 0. The number of esters is 1. The molecule has 2 N–H and O–H groups in total. The van der Waals surface area contributed by atoms with E-state index in [0.717, 1.165) is 0 Å². The molecular formula is C21H23FN2O5. The van der Waals surface area contributed by atoms with Crippen molar-refractivity contribution < 1.29 is 28.2 Å². The molecule has 0 heterocycles. The summed E-state index contributed by atoms with van der Waals surface area (Å²) in [5.41, 5.74) is 0.254. The van der Waals surface area contributed by atoms with Gasteiger partial charge in [0.25, 0.3) is 11.8 Å². The maximum absolute atomic E-state index is 13.6. The van der Waals surface area contributed by atoms with E-state index in [4.69, 9.17) is 9.47 Å². The molecule has 7 nitrogen and oxygen atoms in total. The number of halogens is 1. The third-order valence-corrected chi connectivity index (χ3v) is 4.05. The molecule has 2 aromatic carbocycles. The molecule has 0 saturated heterocycles. The van der Waals surface area contributed by atoms with Crippen LogP contribution in [0, 0.1) is 11.7 Å². The molecule has 0 aromatic heterocycles. The Morgan fingerprint density at radius 1 is 1.03 bits per heavy atom. The van der Waals surface area contributed by atoms with Crippen LogP contribution in [0.3, 0.4) is 0 Å². The molecule has 2 amide bonds. The summed E-state index contributed by atoms with van der Waals surface area (Å²) in [6, 6.07) is 11.3. The number of ether oxygens (including phenoxy) is 2. The quantitative estimate of drug-likeness (QED) is 0.663. The number of methoxy groups -OCH3 is 1. The standard InChI is InChI=1S/C21H23FN2O5/c1-13(2)19(24-20(26)14-8-4-7-11-17(14)28-3)21(27)29-12-18(25)23-16-10-6-5-9-15(16)22/h4-11,13,19H,12H2,1-3H3,(H,23,25)(H,24,26)/t19-/m0/s1. The third kappa shape index (κ3) is 6.03. The minimum atomic E-state index is -0.978. The Morgan fingerprint density at radius 2 is 1.69 bits per heavy atom. The highest BCUT2D eigenvalue weighted by molar-refractivity contribution is 5.99. The molecule has 8 heteroatoms. The van der Waals surface area contributed by atoms with Crippen molar-refractivity contribution in [1.29, 1.82) is 0 Å². The van der Waals surface area contributed by atoms with Crippen molar-refractivity contribution >= 4 is 23.5 Å². The lowest BCUT2D eigenvalue weighted by molar-refractivity contribution is -0.150. The molecule has 29 heavy (non-hydrogen) atoms. The van der Waals surface area contributed by atoms with Gasteiger partial charge in [-0.3, -0.25) is 9.59 Å². The van der Waals surface area contributed by atoms with Gasteiger partial charge in [-0.25, -0.2) is 9.18 Å². The first-order valence-electron chi connectivity index (χ1n) is 8.98. The topological polar surface area (TPSA) is 93.7 Å². The van der Waals surface area contributed by atoms with Gasteiger partial charge in [-0.15, -0.1) is 0 Å². The maximum Gasteiger partial charge on any atom is 0.329 e. The highest BCUT2D eigenvalue weighted by Crippen LogP contribution is 2.18. The van der Waals surface area contributed by atoms with E-state index in [9.17, 15) is 18.8 Å². The minimum absolute atomic E-state index is 0.0153. The lowest BCUT2D eigenvalue weighted by Gasteiger charge is -2.21. The average molecular weight is 402 g/mol. The maximum atomic E-state index is 13.6. The number of hydrogen-bond donors (Lipinski definition) is 2. The summed E-state index contributed by atoms with van der Waals surface area (Å²) in [5.74, 6) is -2.50. The van der Waals surface area contributed by atoms with Crippen LogP contribution >= 0.6 is 0 Å². The van der Waals surface area contributed by atoms with Gasteiger partial charge in [0.1, 0.15) is 17.6 Å². The van der Waals surface area contributed by atoms with Gasteiger partial charge in [-0.05, 0) is 30.2 Å². The largest absolute Gasteiger partial charge is 0.496 e. The minimum Gasteiger partial charge on any atom is -0.496 e. The molecule has 154 valence electrons. The van der Waals surface area contributed by atoms with Crippen LogP contribution in [0.25, 0.3) is 0 Å². The Labute approximate surface area is 168 Å². The number of rotatable bonds is 8. The van der Waals surface area contributed by atoms with Crippen LogP contribution in [-0.4, -0.2) is 37.5 Å². The van der Waals surface area contributed by atoms with Gasteiger partial charge in [-0.1, -0.05) is 38.1 Å². The van der Waals surface area contributed by atoms with E-state index in [1.807, 2.05) is 0 Å². The number of nitrogens with one attached hydrogen (secondary N) is 2. The first-order valence-corrected chi connectivity index (χ1v) is 8.98. The van der Waals surface area contributed by atoms with Gasteiger partial charge < -0.3 is 20.1 Å². The van der Waals surface area contributed by atoms with Crippen LogP contribution in [-0.2, 0) is 14.3 Å². The van der Waals surface area contributed by atoms with E-state index < -0.39 is 36.2 Å². The molecule has 0 aliphatic rings. The zero-order chi connectivity index (χ0) is 21.4. The van der Waals surface area contributed by atoms with Crippen LogP contribution in [0.2, 0.25) is 0 Å². The molecule has 0 bridgehead atoms. The predicted molar refractivity (Wildman–Crippen MR) is 105 cm³/mol. The van der Waals surface area contributed by atoms with Crippen molar-refractivity contribution in [1.82, 2.24) is 5.32 Å². The van der Waals surface area contributed by atoms with E-state index in [2.05, 4.69) is 10.6 Å². The van der Waals surface area contributed by atoms with E-state index >= 15 is 0 Å². The predicted octanol–water partition coefficient (Wildman–Crippen LogP) is 2.77. The van der Waals surface area contributed by atoms with Gasteiger partial charge >= 0.3 is 5.97 Å². The summed E-state index contributed by atoms with van der Waals surface area (Å²) in [7, 11) is 1.44. The highest BCUT2D eigenvalue weighted by atomic mass is 19.1. The van der Waals surface area contributed by atoms with Crippen molar-refractivity contribution in [2.45, 2.75) is 19.9 Å². The smallest absolute Gasteiger partial charge is 0.329 e. The van der Waals surface area contributed by atoms with Gasteiger partial charge in [0.2, 0.25) is 0 Å². The number of carbonyl (C=O) groups is 3. The summed E-state index contributed by atoms with van der Waals surface area (Å²) in [4.78, 5) is 36.9. The fourth-order valence-electron chi connectivity index (χ4n) is 2.52. The lowest BCUT2D eigenvalue weighted by Crippen LogP contribution is -2.46. The normalized spacial score (nSPS) is 11.5. The summed E-state index contributed by atoms with van der Waals surface area (Å²) in [5, 5.41) is 4.92. The Kier molecular flexibility index (Phi) is 7.70. The average Bonchev–Trinajstić information content (AvgIpc) is 2.71. The van der Waals surface area contributed by atoms with Crippen molar-refractivity contribution in [2.75, 3.05) is 19.0 Å². The van der Waals surface area contributed by atoms with Crippen LogP contribution in [0.4, 0.5) is 10.1 Å². The molecule has 0 spiro atoms. The van der Waals surface area contributed by atoms with Crippen LogP contribution < -0.4 is 15.4 Å². The zero-order valence-electron chi connectivity index (χ0n) is 16.4. The Hall–Kier alpha value is -3.42. The summed E-state index contributed by atoms with van der Waals surface area (Å²) < 4.78 is 23.7. The fraction of sp³-hybridized carbons (Fsp3) is 0.286. The van der Waals surface area contributed by atoms with Crippen LogP contribution in [0.15, 0.2) is 48.5 Å².